The minimum atomic E-state index is 0.652. The smallest absolute Gasteiger partial charge is 0.101 e. The molecule has 1 aromatic carbocycles. The standard InChI is InChI=1S/C13H12N2/c1-8-9(2)12-6-4-5-11(7-14)13(12)15-10(8)3/h4-6H,1-3H3. The first-order chi connectivity index (χ1) is 7.15. The van der Waals surface area contributed by atoms with Crippen LogP contribution >= 0.6 is 0 Å². The number of aromatic nitrogens is 1. The largest absolute Gasteiger partial charge is 0.251 e. The van der Waals surface area contributed by atoms with Crippen molar-refractivity contribution in [2.45, 2.75) is 20.8 Å². The van der Waals surface area contributed by atoms with Gasteiger partial charge in [-0.1, -0.05) is 12.1 Å². The Hall–Kier alpha value is -1.88. The zero-order valence-corrected chi connectivity index (χ0v) is 9.13. The molecule has 0 aliphatic rings. The van der Waals surface area contributed by atoms with Crippen LogP contribution in [0, 0.1) is 32.1 Å². The summed E-state index contributed by atoms with van der Waals surface area (Å²) in [4.78, 5) is 4.48. The fourth-order valence-corrected chi connectivity index (χ4v) is 1.78. The highest BCUT2D eigenvalue weighted by Gasteiger charge is 2.08. The molecule has 0 aliphatic carbocycles. The molecule has 0 atom stereocenters. The fourth-order valence-electron chi connectivity index (χ4n) is 1.78. The number of nitriles is 1. The van der Waals surface area contributed by atoms with Crippen molar-refractivity contribution >= 4 is 10.9 Å². The lowest BCUT2D eigenvalue weighted by Crippen LogP contribution is -1.95. The van der Waals surface area contributed by atoms with Crippen molar-refractivity contribution in [1.82, 2.24) is 4.98 Å². The van der Waals surface area contributed by atoms with Crippen LogP contribution in [0.2, 0.25) is 0 Å². The number of benzene rings is 1. The zero-order chi connectivity index (χ0) is 11.0. The Morgan fingerprint density at radius 1 is 1.13 bits per heavy atom. The van der Waals surface area contributed by atoms with E-state index in [-0.39, 0.29) is 0 Å². The van der Waals surface area contributed by atoms with Gasteiger partial charge in [0.15, 0.2) is 0 Å². The van der Waals surface area contributed by atoms with Crippen LogP contribution in [0.4, 0.5) is 0 Å². The van der Waals surface area contributed by atoms with E-state index < -0.39 is 0 Å². The van der Waals surface area contributed by atoms with E-state index in [9.17, 15) is 0 Å². The Balaban J connectivity index is 2.99. The molecule has 15 heavy (non-hydrogen) atoms. The third kappa shape index (κ3) is 1.37. The average Bonchev–Trinajstić information content (AvgIpc) is 2.25. The molecule has 0 unspecified atom stereocenters. The second-order valence-electron chi connectivity index (χ2n) is 3.76. The number of pyridine rings is 1. The summed E-state index contributed by atoms with van der Waals surface area (Å²) < 4.78 is 0. The van der Waals surface area contributed by atoms with E-state index in [2.05, 4.69) is 24.9 Å². The van der Waals surface area contributed by atoms with Crippen LogP contribution in [0.25, 0.3) is 10.9 Å². The summed E-state index contributed by atoms with van der Waals surface area (Å²) in [6.07, 6.45) is 0. The maximum Gasteiger partial charge on any atom is 0.101 e. The van der Waals surface area contributed by atoms with Gasteiger partial charge in [-0.2, -0.15) is 5.26 Å². The normalized spacial score (nSPS) is 10.3. The van der Waals surface area contributed by atoms with Crippen LogP contribution in [0.15, 0.2) is 18.2 Å². The Morgan fingerprint density at radius 2 is 1.87 bits per heavy atom. The van der Waals surface area contributed by atoms with Gasteiger partial charge < -0.3 is 0 Å². The van der Waals surface area contributed by atoms with Crippen molar-refractivity contribution in [1.29, 1.82) is 5.26 Å². The summed E-state index contributed by atoms with van der Waals surface area (Å²) >= 11 is 0. The molecule has 1 aromatic heterocycles. The quantitative estimate of drug-likeness (QED) is 0.649. The van der Waals surface area contributed by atoms with Crippen molar-refractivity contribution in [3.63, 3.8) is 0 Å². The van der Waals surface area contributed by atoms with E-state index in [1.54, 1.807) is 0 Å². The number of hydrogen-bond donors (Lipinski definition) is 0. The number of rotatable bonds is 0. The van der Waals surface area contributed by atoms with Gasteiger partial charge in [0, 0.05) is 11.1 Å². The third-order valence-electron chi connectivity index (χ3n) is 2.95. The molecular formula is C13H12N2. The van der Waals surface area contributed by atoms with Gasteiger partial charge in [0.05, 0.1) is 11.1 Å². The molecule has 0 radical (unpaired) electrons. The molecule has 0 bridgehead atoms. The van der Waals surface area contributed by atoms with Gasteiger partial charge in [0.1, 0.15) is 6.07 Å². The molecule has 1 heterocycles. The molecule has 0 N–H and O–H groups in total. The predicted octanol–water partition coefficient (Wildman–Crippen LogP) is 3.03. The van der Waals surface area contributed by atoms with Crippen molar-refractivity contribution in [3.05, 3.63) is 40.6 Å². The third-order valence-corrected chi connectivity index (χ3v) is 2.95. The van der Waals surface area contributed by atoms with Gasteiger partial charge in [0.2, 0.25) is 0 Å². The Labute approximate surface area is 89.2 Å². The number of aryl methyl sites for hydroxylation is 2. The van der Waals surface area contributed by atoms with E-state index in [0.29, 0.717) is 5.56 Å². The van der Waals surface area contributed by atoms with Crippen LogP contribution in [0.5, 0.6) is 0 Å². The Kier molecular flexibility index (Phi) is 2.17. The highest BCUT2D eigenvalue weighted by Crippen LogP contribution is 2.23. The van der Waals surface area contributed by atoms with Gasteiger partial charge >= 0.3 is 0 Å². The van der Waals surface area contributed by atoms with E-state index in [1.807, 2.05) is 25.1 Å². The van der Waals surface area contributed by atoms with Gasteiger partial charge in [-0.3, -0.25) is 4.98 Å². The molecular weight excluding hydrogens is 184 g/mol. The zero-order valence-electron chi connectivity index (χ0n) is 9.13. The lowest BCUT2D eigenvalue weighted by atomic mass is 10.0. The average molecular weight is 196 g/mol. The first-order valence-corrected chi connectivity index (χ1v) is 4.91. The summed E-state index contributed by atoms with van der Waals surface area (Å²) in [6.45, 7) is 6.12. The van der Waals surface area contributed by atoms with Crippen molar-refractivity contribution in [2.24, 2.45) is 0 Å². The lowest BCUT2D eigenvalue weighted by molar-refractivity contribution is 1.16. The first kappa shape index (κ1) is 9.67. The fraction of sp³-hybridized carbons (Fsp3) is 0.231. The molecule has 2 aromatic rings. The van der Waals surface area contributed by atoms with Crippen LogP contribution in [-0.2, 0) is 0 Å². The van der Waals surface area contributed by atoms with E-state index in [0.717, 1.165) is 16.6 Å². The molecule has 0 fully saturated rings. The number of nitrogens with zero attached hydrogens (tertiary/aromatic N) is 2. The Bertz CT molecular complexity index is 577. The van der Waals surface area contributed by atoms with E-state index in [1.165, 1.54) is 11.1 Å². The van der Waals surface area contributed by atoms with Crippen LogP contribution in [0.1, 0.15) is 22.4 Å². The van der Waals surface area contributed by atoms with Crippen LogP contribution in [0.3, 0.4) is 0 Å². The van der Waals surface area contributed by atoms with E-state index in [4.69, 9.17) is 5.26 Å². The van der Waals surface area contributed by atoms with Crippen LogP contribution in [-0.4, -0.2) is 4.98 Å². The van der Waals surface area contributed by atoms with Crippen molar-refractivity contribution in [3.8, 4) is 6.07 Å². The minimum absolute atomic E-state index is 0.652. The molecule has 0 saturated heterocycles. The van der Waals surface area contributed by atoms with Gasteiger partial charge in [-0.05, 0) is 38.0 Å². The molecule has 2 rings (SSSR count). The first-order valence-electron chi connectivity index (χ1n) is 4.91. The summed E-state index contributed by atoms with van der Waals surface area (Å²) in [5.41, 5.74) is 4.90. The van der Waals surface area contributed by atoms with Crippen molar-refractivity contribution in [2.75, 3.05) is 0 Å². The molecule has 2 heteroatoms. The van der Waals surface area contributed by atoms with Crippen LogP contribution < -0.4 is 0 Å². The van der Waals surface area contributed by atoms with Gasteiger partial charge in [-0.25, -0.2) is 0 Å². The number of fused-ring (bicyclic) bond motifs is 1. The molecule has 74 valence electrons. The highest BCUT2D eigenvalue weighted by molar-refractivity contribution is 5.87. The molecule has 0 saturated carbocycles. The minimum Gasteiger partial charge on any atom is -0.251 e. The SMILES string of the molecule is Cc1nc2c(C#N)cccc2c(C)c1C. The summed E-state index contributed by atoms with van der Waals surface area (Å²) in [7, 11) is 0. The number of hydrogen-bond acceptors (Lipinski definition) is 2. The van der Waals surface area contributed by atoms with E-state index >= 15 is 0 Å². The lowest BCUT2D eigenvalue weighted by Gasteiger charge is -2.08. The Morgan fingerprint density at radius 3 is 2.53 bits per heavy atom. The summed E-state index contributed by atoms with van der Waals surface area (Å²) in [5.74, 6) is 0. The van der Waals surface area contributed by atoms with Crippen molar-refractivity contribution < 1.29 is 0 Å². The molecule has 2 nitrogen and oxygen atoms in total. The topological polar surface area (TPSA) is 36.7 Å². The molecule has 0 aliphatic heterocycles. The van der Waals surface area contributed by atoms with Gasteiger partial charge in [0.25, 0.3) is 0 Å². The number of para-hydroxylation sites is 1. The predicted molar refractivity (Wildman–Crippen MR) is 60.7 cm³/mol. The highest BCUT2D eigenvalue weighted by atomic mass is 14.7. The van der Waals surface area contributed by atoms with Gasteiger partial charge in [-0.15, -0.1) is 0 Å². The molecule has 0 spiro atoms. The summed E-state index contributed by atoms with van der Waals surface area (Å²) in [5, 5.41) is 10.1. The monoisotopic (exact) mass is 196 g/mol. The maximum atomic E-state index is 9.00. The second-order valence-corrected chi connectivity index (χ2v) is 3.76. The maximum absolute atomic E-state index is 9.00. The summed E-state index contributed by atoms with van der Waals surface area (Å²) in [6, 6.07) is 7.92. The molecule has 0 amide bonds. The second kappa shape index (κ2) is 3.36.